The fourth-order valence-electron chi connectivity index (χ4n) is 1.97. The molecule has 1 aromatic heterocycles. The van der Waals surface area contributed by atoms with Gasteiger partial charge < -0.3 is 10.1 Å². The molecule has 0 amide bonds. The molecule has 1 heterocycles. The fourth-order valence-corrected chi connectivity index (χ4v) is 1.97. The third kappa shape index (κ3) is 4.03. The Morgan fingerprint density at radius 2 is 2.15 bits per heavy atom. The topological polar surface area (TPSA) is 34.1 Å². The van der Waals surface area contributed by atoms with E-state index in [1.165, 1.54) is 12.3 Å². The number of halogens is 1. The largest absolute Gasteiger partial charge is 0.494 e. The maximum atomic E-state index is 13.1. The number of hydrogen-bond acceptors (Lipinski definition) is 3. The predicted octanol–water partition coefficient (Wildman–Crippen LogP) is 3.47. The van der Waals surface area contributed by atoms with Crippen LogP contribution in [0.1, 0.15) is 31.0 Å². The van der Waals surface area contributed by atoms with E-state index in [1.807, 2.05) is 38.1 Å². The first-order valence-electron chi connectivity index (χ1n) is 6.74. The molecule has 20 heavy (non-hydrogen) atoms. The van der Waals surface area contributed by atoms with Crippen LogP contribution in [0, 0.1) is 5.82 Å². The van der Waals surface area contributed by atoms with E-state index in [9.17, 15) is 4.39 Å². The van der Waals surface area contributed by atoms with Gasteiger partial charge in [0.15, 0.2) is 0 Å². The number of pyridine rings is 1. The molecule has 0 fully saturated rings. The average molecular weight is 274 g/mol. The summed E-state index contributed by atoms with van der Waals surface area (Å²) in [6, 6.07) is 9.48. The highest BCUT2D eigenvalue weighted by Crippen LogP contribution is 2.16. The summed E-state index contributed by atoms with van der Waals surface area (Å²) >= 11 is 0. The zero-order valence-electron chi connectivity index (χ0n) is 11.8. The van der Waals surface area contributed by atoms with Crippen LogP contribution in [0.3, 0.4) is 0 Å². The Bertz CT molecular complexity index is 560. The number of rotatable bonds is 6. The zero-order chi connectivity index (χ0) is 14.4. The molecule has 2 rings (SSSR count). The molecule has 1 unspecified atom stereocenters. The average Bonchev–Trinajstić information content (AvgIpc) is 2.45. The van der Waals surface area contributed by atoms with Gasteiger partial charge in [0.2, 0.25) is 0 Å². The van der Waals surface area contributed by atoms with Crippen LogP contribution in [-0.2, 0) is 6.54 Å². The third-order valence-corrected chi connectivity index (χ3v) is 3.05. The Morgan fingerprint density at radius 3 is 2.90 bits per heavy atom. The molecular formula is C16H19FN2O. The second-order valence-electron chi connectivity index (χ2n) is 4.62. The quantitative estimate of drug-likeness (QED) is 0.875. The third-order valence-electron chi connectivity index (χ3n) is 3.05. The lowest BCUT2D eigenvalue weighted by Gasteiger charge is -2.14. The molecule has 0 radical (unpaired) electrons. The van der Waals surface area contributed by atoms with Gasteiger partial charge in [0.1, 0.15) is 11.6 Å². The smallest absolute Gasteiger partial charge is 0.141 e. The van der Waals surface area contributed by atoms with E-state index in [0.717, 1.165) is 16.9 Å². The molecule has 0 saturated carbocycles. The van der Waals surface area contributed by atoms with Crippen LogP contribution >= 0.6 is 0 Å². The summed E-state index contributed by atoms with van der Waals surface area (Å²) in [6.07, 6.45) is 2.89. The lowest BCUT2D eigenvalue weighted by molar-refractivity contribution is 0.339. The van der Waals surface area contributed by atoms with Crippen LogP contribution in [0.2, 0.25) is 0 Å². The Labute approximate surface area is 118 Å². The van der Waals surface area contributed by atoms with E-state index in [1.54, 1.807) is 6.20 Å². The van der Waals surface area contributed by atoms with Crippen molar-refractivity contribution in [1.82, 2.24) is 10.3 Å². The van der Waals surface area contributed by atoms with Crippen molar-refractivity contribution in [2.75, 3.05) is 6.61 Å². The van der Waals surface area contributed by atoms with Crippen LogP contribution in [-0.4, -0.2) is 11.6 Å². The molecule has 4 heteroatoms. The first-order chi connectivity index (χ1) is 9.69. The lowest BCUT2D eigenvalue weighted by atomic mass is 10.1. The second kappa shape index (κ2) is 7.01. The summed E-state index contributed by atoms with van der Waals surface area (Å²) in [5.74, 6) is 0.557. The van der Waals surface area contributed by atoms with Gasteiger partial charge in [-0.3, -0.25) is 4.98 Å². The maximum Gasteiger partial charge on any atom is 0.141 e. The van der Waals surface area contributed by atoms with Crippen molar-refractivity contribution in [1.29, 1.82) is 0 Å². The van der Waals surface area contributed by atoms with Crippen molar-refractivity contribution in [3.05, 3.63) is 59.7 Å². The van der Waals surface area contributed by atoms with Gasteiger partial charge >= 0.3 is 0 Å². The van der Waals surface area contributed by atoms with Gasteiger partial charge in [-0.2, -0.15) is 0 Å². The van der Waals surface area contributed by atoms with Crippen LogP contribution in [0.25, 0.3) is 0 Å². The maximum absolute atomic E-state index is 13.1. The number of aromatic nitrogens is 1. The van der Waals surface area contributed by atoms with Crippen LogP contribution in [0.4, 0.5) is 4.39 Å². The molecular weight excluding hydrogens is 255 g/mol. The fraction of sp³-hybridized carbons (Fsp3) is 0.312. The first kappa shape index (κ1) is 14.5. The van der Waals surface area contributed by atoms with E-state index in [0.29, 0.717) is 13.2 Å². The Hall–Kier alpha value is -1.94. The van der Waals surface area contributed by atoms with Gasteiger partial charge in [-0.1, -0.05) is 12.1 Å². The van der Waals surface area contributed by atoms with E-state index in [2.05, 4.69) is 10.3 Å². The summed E-state index contributed by atoms with van der Waals surface area (Å²) < 4.78 is 18.6. The van der Waals surface area contributed by atoms with Crippen molar-refractivity contribution < 1.29 is 9.13 Å². The summed E-state index contributed by atoms with van der Waals surface area (Å²) in [5, 5.41) is 3.35. The molecule has 0 aliphatic carbocycles. The molecule has 0 aliphatic rings. The number of nitrogens with zero attached hydrogens (tertiary/aromatic N) is 1. The van der Waals surface area contributed by atoms with Crippen LogP contribution < -0.4 is 10.1 Å². The lowest BCUT2D eigenvalue weighted by Crippen LogP contribution is -2.18. The van der Waals surface area contributed by atoms with E-state index < -0.39 is 0 Å². The molecule has 3 nitrogen and oxygen atoms in total. The van der Waals surface area contributed by atoms with Crippen LogP contribution in [0.5, 0.6) is 5.75 Å². The number of nitrogens with one attached hydrogen (secondary N) is 1. The number of benzene rings is 1. The monoisotopic (exact) mass is 274 g/mol. The first-order valence-corrected chi connectivity index (χ1v) is 6.74. The van der Waals surface area contributed by atoms with Gasteiger partial charge in [0, 0.05) is 18.8 Å². The van der Waals surface area contributed by atoms with Crippen molar-refractivity contribution in [2.24, 2.45) is 0 Å². The van der Waals surface area contributed by atoms with Crippen molar-refractivity contribution in [2.45, 2.75) is 26.4 Å². The summed E-state index contributed by atoms with van der Waals surface area (Å²) in [7, 11) is 0. The van der Waals surface area contributed by atoms with E-state index >= 15 is 0 Å². The van der Waals surface area contributed by atoms with Crippen LogP contribution in [0.15, 0.2) is 42.7 Å². The second-order valence-corrected chi connectivity index (χ2v) is 4.62. The predicted molar refractivity (Wildman–Crippen MR) is 77.1 cm³/mol. The van der Waals surface area contributed by atoms with Gasteiger partial charge in [-0.05, 0) is 43.2 Å². The molecule has 106 valence electrons. The molecule has 0 bridgehead atoms. The Balaban J connectivity index is 1.96. The SMILES string of the molecule is CCOc1cccc(CNC(C)c2cncc(F)c2)c1. The molecule has 2 aromatic rings. The summed E-state index contributed by atoms with van der Waals surface area (Å²) in [5.41, 5.74) is 1.97. The molecule has 0 aliphatic heterocycles. The minimum absolute atomic E-state index is 0.0361. The van der Waals surface area contributed by atoms with Gasteiger partial charge in [-0.25, -0.2) is 4.39 Å². The molecule has 0 saturated heterocycles. The highest BCUT2D eigenvalue weighted by Gasteiger charge is 2.06. The van der Waals surface area contributed by atoms with Crippen molar-refractivity contribution >= 4 is 0 Å². The molecule has 1 N–H and O–H groups in total. The molecule has 1 atom stereocenters. The Kier molecular flexibility index (Phi) is 5.07. The molecule has 1 aromatic carbocycles. The molecule has 0 spiro atoms. The minimum Gasteiger partial charge on any atom is -0.494 e. The van der Waals surface area contributed by atoms with Crippen molar-refractivity contribution in [3.8, 4) is 5.75 Å². The number of ether oxygens (including phenoxy) is 1. The summed E-state index contributed by atoms with van der Waals surface area (Å²) in [6.45, 7) is 5.30. The zero-order valence-corrected chi connectivity index (χ0v) is 11.8. The Morgan fingerprint density at radius 1 is 1.30 bits per heavy atom. The van der Waals surface area contributed by atoms with Gasteiger partial charge in [0.05, 0.1) is 12.8 Å². The normalized spacial score (nSPS) is 12.2. The van der Waals surface area contributed by atoms with E-state index in [4.69, 9.17) is 4.74 Å². The summed E-state index contributed by atoms with van der Waals surface area (Å²) in [4.78, 5) is 3.86. The highest BCUT2D eigenvalue weighted by molar-refractivity contribution is 5.28. The van der Waals surface area contributed by atoms with E-state index in [-0.39, 0.29) is 11.9 Å². The van der Waals surface area contributed by atoms with Gasteiger partial charge in [-0.15, -0.1) is 0 Å². The van der Waals surface area contributed by atoms with Gasteiger partial charge in [0.25, 0.3) is 0 Å². The highest BCUT2D eigenvalue weighted by atomic mass is 19.1. The van der Waals surface area contributed by atoms with Crippen molar-refractivity contribution in [3.63, 3.8) is 0 Å². The minimum atomic E-state index is -0.311. The standard InChI is InChI=1S/C16H19FN2O/c1-3-20-16-6-4-5-13(7-16)9-19-12(2)14-8-15(17)11-18-10-14/h4-8,10-12,19H,3,9H2,1-2H3. The number of hydrogen-bond donors (Lipinski definition) is 1.